The fraction of sp³-hybridized carbons (Fsp3) is 0.462. The molecule has 0 saturated heterocycles. The third kappa shape index (κ3) is 1.77. The molecule has 1 aromatic carbocycles. The smallest absolute Gasteiger partial charge is 0.116 e. The number of aromatic nitrogens is 2. The van der Waals surface area contributed by atoms with Gasteiger partial charge in [-0.15, -0.1) is 0 Å². The van der Waals surface area contributed by atoms with Crippen LogP contribution in [0.2, 0.25) is 0 Å². The van der Waals surface area contributed by atoms with Crippen LogP contribution in [0.4, 0.5) is 5.69 Å². The summed E-state index contributed by atoms with van der Waals surface area (Å²) < 4.78 is 1.88. The molecule has 3 nitrogen and oxygen atoms in total. The van der Waals surface area contributed by atoms with Gasteiger partial charge in [0.2, 0.25) is 0 Å². The van der Waals surface area contributed by atoms with Crippen LogP contribution in [0.15, 0.2) is 18.3 Å². The highest BCUT2D eigenvalue weighted by molar-refractivity contribution is 5.91. The first kappa shape index (κ1) is 11.0. The van der Waals surface area contributed by atoms with E-state index in [-0.39, 0.29) is 0 Å². The number of aryl methyl sites for hydroxylation is 1. The van der Waals surface area contributed by atoms with Crippen LogP contribution in [0.1, 0.15) is 25.3 Å². The highest BCUT2D eigenvalue weighted by Gasteiger charge is 2.10. The standard InChI is InChI=1S/C13H19N3/c1-9(2)10-6-11-8-16(5)14-13(11)12(7-10)15(3)4/h6-9H,1-5H3. The van der Waals surface area contributed by atoms with Crippen molar-refractivity contribution in [3.8, 4) is 0 Å². The van der Waals surface area contributed by atoms with Crippen LogP contribution >= 0.6 is 0 Å². The maximum atomic E-state index is 4.51. The average molecular weight is 217 g/mol. The minimum atomic E-state index is 0.545. The lowest BCUT2D eigenvalue weighted by molar-refractivity contribution is 0.779. The molecule has 0 saturated carbocycles. The molecular weight excluding hydrogens is 198 g/mol. The lowest BCUT2D eigenvalue weighted by Gasteiger charge is -2.16. The topological polar surface area (TPSA) is 21.1 Å². The first-order valence-electron chi connectivity index (χ1n) is 5.63. The van der Waals surface area contributed by atoms with Crippen LogP contribution in [0.3, 0.4) is 0 Å². The molecule has 16 heavy (non-hydrogen) atoms. The lowest BCUT2D eigenvalue weighted by Crippen LogP contribution is -2.10. The zero-order valence-electron chi connectivity index (χ0n) is 10.7. The molecule has 1 heterocycles. The van der Waals surface area contributed by atoms with Crippen LogP contribution in [0.5, 0.6) is 0 Å². The summed E-state index contributed by atoms with van der Waals surface area (Å²) in [6, 6.07) is 4.47. The van der Waals surface area contributed by atoms with Crippen molar-refractivity contribution in [1.29, 1.82) is 0 Å². The zero-order chi connectivity index (χ0) is 11.9. The zero-order valence-corrected chi connectivity index (χ0v) is 10.7. The first-order valence-corrected chi connectivity index (χ1v) is 5.63. The fourth-order valence-corrected chi connectivity index (χ4v) is 1.93. The van der Waals surface area contributed by atoms with Gasteiger partial charge in [0.05, 0.1) is 5.69 Å². The van der Waals surface area contributed by atoms with Gasteiger partial charge < -0.3 is 4.90 Å². The predicted molar refractivity (Wildman–Crippen MR) is 69.1 cm³/mol. The lowest BCUT2D eigenvalue weighted by atomic mass is 10.0. The second-order valence-electron chi connectivity index (χ2n) is 4.83. The summed E-state index contributed by atoms with van der Waals surface area (Å²) in [5.41, 5.74) is 3.64. The molecule has 0 unspecified atom stereocenters. The van der Waals surface area contributed by atoms with E-state index < -0.39 is 0 Å². The number of rotatable bonds is 2. The molecule has 0 amide bonds. The molecular formula is C13H19N3. The largest absolute Gasteiger partial charge is 0.376 e. The molecule has 2 rings (SSSR count). The summed E-state index contributed by atoms with van der Waals surface area (Å²) in [5.74, 6) is 0.545. The number of anilines is 1. The Morgan fingerprint density at radius 1 is 1.25 bits per heavy atom. The van der Waals surface area contributed by atoms with Gasteiger partial charge in [-0.25, -0.2) is 0 Å². The van der Waals surface area contributed by atoms with Crippen LogP contribution in [-0.2, 0) is 7.05 Å². The predicted octanol–water partition coefficient (Wildman–Crippen LogP) is 2.76. The Morgan fingerprint density at radius 3 is 2.50 bits per heavy atom. The van der Waals surface area contributed by atoms with Crippen LogP contribution in [0.25, 0.3) is 10.9 Å². The molecule has 86 valence electrons. The molecule has 0 N–H and O–H groups in total. The van der Waals surface area contributed by atoms with E-state index in [9.17, 15) is 0 Å². The third-order valence-corrected chi connectivity index (χ3v) is 2.87. The Labute approximate surface area is 96.7 Å². The molecule has 0 fully saturated rings. The van der Waals surface area contributed by atoms with Gasteiger partial charge in [0.15, 0.2) is 0 Å². The van der Waals surface area contributed by atoms with E-state index in [1.807, 2.05) is 11.7 Å². The molecule has 1 aromatic heterocycles. The van der Waals surface area contributed by atoms with Gasteiger partial charge in [-0.3, -0.25) is 4.68 Å². The monoisotopic (exact) mass is 217 g/mol. The summed E-state index contributed by atoms with van der Waals surface area (Å²) in [5, 5.41) is 5.73. The minimum Gasteiger partial charge on any atom is -0.376 e. The Bertz CT molecular complexity index is 509. The number of hydrogen-bond donors (Lipinski definition) is 0. The average Bonchev–Trinajstić information content (AvgIpc) is 2.55. The summed E-state index contributed by atoms with van der Waals surface area (Å²) in [7, 11) is 6.09. The van der Waals surface area contributed by atoms with Gasteiger partial charge in [-0.05, 0) is 23.6 Å². The summed E-state index contributed by atoms with van der Waals surface area (Å²) >= 11 is 0. The number of benzene rings is 1. The van der Waals surface area contributed by atoms with Crippen molar-refractivity contribution in [1.82, 2.24) is 9.78 Å². The Morgan fingerprint density at radius 2 is 1.94 bits per heavy atom. The van der Waals surface area contributed by atoms with E-state index in [0.717, 1.165) is 5.52 Å². The molecule has 0 spiro atoms. The van der Waals surface area contributed by atoms with Gasteiger partial charge in [0.25, 0.3) is 0 Å². The normalized spacial score (nSPS) is 11.4. The molecule has 3 heteroatoms. The van der Waals surface area contributed by atoms with Crippen LogP contribution < -0.4 is 4.90 Å². The second-order valence-corrected chi connectivity index (χ2v) is 4.83. The maximum Gasteiger partial charge on any atom is 0.116 e. The number of fused-ring (bicyclic) bond motifs is 1. The Kier molecular flexibility index (Phi) is 2.62. The number of nitrogens with zero attached hydrogens (tertiary/aromatic N) is 3. The molecule has 2 aromatic rings. The van der Waals surface area contributed by atoms with Crippen molar-refractivity contribution < 1.29 is 0 Å². The highest BCUT2D eigenvalue weighted by Crippen LogP contribution is 2.29. The van der Waals surface area contributed by atoms with Crippen molar-refractivity contribution in [3.05, 3.63) is 23.9 Å². The van der Waals surface area contributed by atoms with Crippen molar-refractivity contribution >= 4 is 16.6 Å². The van der Waals surface area contributed by atoms with E-state index in [0.29, 0.717) is 5.92 Å². The SMILES string of the molecule is CC(C)c1cc(N(C)C)c2nn(C)cc2c1. The van der Waals surface area contributed by atoms with Crippen molar-refractivity contribution in [2.75, 3.05) is 19.0 Å². The van der Waals surface area contributed by atoms with E-state index in [1.165, 1.54) is 16.6 Å². The minimum absolute atomic E-state index is 0.545. The molecule has 0 aliphatic heterocycles. The van der Waals surface area contributed by atoms with Gasteiger partial charge in [-0.1, -0.05) is 13.8 Å². The molecule has 0 bridgehead atoms. The van der Waals surface area contributed by atoms with Gasteiger partial charge >= 0.3 is 0 Å². The van der Waals surface area contributed by atoms with Crippen LogP contribution in [0, 0.1) is 0 Å². The van der Waals surface area contributed by atoms with E-state index in [2.05, 4.69) is 56.3 Å². The van der Waals surface area contributed by atoms with Gasteiger partial charge in [-0.2, -0.15) is 5.10 Å². The van der Waals surface area contributed by atoms with Crippen LogP contribution in [-0.4, -0.2) is 23.9 Å². The Hall–Kier alpha value is -1.51. The van der Waals surface area contributed by atoms with Crippen molar-refractivity contribution in [3.63, 3.8) is 0 Å². The quantitative estimate of drug-likeness (QED) is 0.771. The summed E-state index contributed by atoms with van der Waals surface area (Å²) in [4.78, 5) is 2.13. The highest BCUT2D eigenvalue weighted by atomic mass is 15.3. The van der Waals surface area contributed by atoms with Crippen molar-refractivity contribution in [2.24, 2.45) is 7.05 Å². The second kappa shape index (κ2) is 3.81. The maximum absolute atomic E-state index is 4.51. The first-order chi connectivity index (χ1) is 7.49. The molecule has 0 aliphatic carbocycles. The van der Waals surface area contributed by atoms with E-state index in [4.69, 9.17) is 0 Å². The van der Waals surface area contributed by atoms with Crippen molar-refractivity contribution in [2.45, 2.75) is 19.8 Å². The molecule has 0 atom stereocenters. The van der Waals surface area contributed by atoms with E-state index in [1.54, 1.807) is 0 Å². The molecule has 0 radical (unpaired) electrons. The third-order valence-electron chi connectivity index (χ3n) is 2.87. The fourth-order valence-electron chi connectivity index (χ4n) is 1.93. The number of hydrogen-bond acceptors (Lipinski definition) is 2. The van der Waals surface area contributed by atoms with E-state index >= 15 is 0 Å². The summed E-state index contributed by atoms with van der Waals surface area (Å²) in [6.45, 7) is 4.44. The van der Waals surface area contributed by atoms with Gasteiger partial charge in [0.1, 0.15) is 5.52 Å². The summed E-state index contributed by atoms with van der Waals surface area (Å²) in [6.07, 6.45) is 2.08. The molecule has 0 aliphatic rings. The van der Waals surface area contributed by atoms with Gasteiger partial charge in [0, 0.05) is 32.7 Å². The Balaban J connectivity index is 2.73.